The van der Waals surface area contributed by atoms with E-state index in [1.807, 2.05) is 0 Å². The van der Waals surface area contributed by atoms with Gasteiger partial charge in [0.25, 0.3) is 0 Å². The standard InChI is InChI=1S/C16H28N2/c1-4-11-18(5-2)16(13-17)12-14(3)15-9-7-6-8-10-15/h6-10,14,16H,4-5,11-13,17H2,1-3H3. The second kappa shape index (κ2) is 8.28. The third-order valence-electron chi connectivity index (χ3n) is 3.70. The van der Waals surface area contributed by atoms with E-state index in [1.165, 1.54) is 12.0 Å². The number of nitrogens with two attached hydrogens (primary N) is 1. The van der Waals surface area contributed by atoms with Crippen LogP contribution in [0.1, 0.15) is 45.1 Å². The van der Waals surface area contributed by atoms with Crippen molar-refractivity contribution in [1.29, 1.82) is 0 Å². The van der Waals surface area contributed by atoms with Gasteiger partial charge < -0.3 is 5.73 Å². The fourth-order valence-electron chi connectivity index (χ4n) is 2.61. The number of hydrogen-bond donors (Lipinski definition) is 1. The van der Waals surface area contributed by atoms with Gasteiger partial charge in [0.2, 0.25) is 0 Å². The molecule has 1 rings (SSSR count). The summed E-state index contributed by atoms with van der Waals surface area (Å²) in [5, 5.41) is 0. The maximum Gasteiger partial charge on any atom is 0.0224 e. The summed E-state index contributed by atoms with van der Waals surface area (Å²) in [6.45, 7) is 9.77. The summed E-state index contributed by atoms with van der Waals surface area (Å²) >= 11 is 0. The molecule has 0 aliphatic heterocycles. The topological polar surface area (TPSA) is 29.3 Å². The summed E-state index contributed by atoms with van der Waals surface area (Å²) in [5.41, 5.74) is 7.38. The predicted molar refractivity (Wildman–Crippen MR) is 79.9 cm³/mol. The summed E-state index contributed by atoms with van der Waals surface area (Å²) in [6.07, 6.45) is 2.35. The first-order valence-electron chi connectivity index (χ1n) is 7.21. The van der Waals surface area contributed by atoms with Crippen LogP contribution in [0.3, 0.4) is 0 Å². The fraction of sp³-hybridized carbons (Fsp3) is 0.625. The van der Waals surface area contributed by atoms with E-state index in [1.54, 1.807) is 0 Å². The molecule has 0 heterocycles. The molecule has 2 nitrogen and oxygen atoms in total. The lowest BCUT2D eigenvalue weighted by atomic mass is 9.93. The monoisotopic (exact) mass is 248 g/mol. The van der Waals surface area contributed by atoms with Crippen LogP contribution in [0.5, 0.6) is 0 Å². The summed E-state index contributed by atoms with van der Waals surface area (Å²) in [6, 6.07) is 11.2. The third-order valence-corrected chi connectivity index (χ3v) is 3.70. The molecule has 0 aromatic heterocycles. The summed E-state index contributed by atoms with van der Waals surface area (Å²) < 4.78 is 0. The molecule has 2 heteroatoms. The SMILES string of the molecule is CCCN(CC)C(CN)CC(C)c1ccccc1. The highest BCUT2D eigenvalue weighted by Gasteiger charge is 2.18. The molecule has 0 saturated carbocycles. The van der Waals surface area contributed by atoms with E-state index in [0.717, 1.165) is 26.1 Å². The minimum absolute atomic E-state index is 0.505. The van der Waals surface area contributed by atoms with Gasteiger partial charge in [-0.1, -0.05) is 51.1 Å². The van der Waals surface area contributed by atoms with Gasteiger partial charge in [0.1, 0.15) is 0 Å². The van der Waals surface area contributed by atoms with Crippen molar-refractivity contribution in [2.45, 2.75) is 45.6 Å². The quantitative estimate of drug-likeness (QED) is 0.765. The third kappa shape index (κ3) is 4.43. The minimum atomic E-state index is 0.505. The number of likely N-dealkylation sites (N-methyl/N-ethyl adjacent to an activating group) is 1. The molecule has 0 amide bonds. The van der Waals surface area contributed by atoms with Gasteiger partial charge in [-0.2, -0.15) is 0 Å². The Morgan fingerprint density at radius 3 is 2.33 bits per heavy atom. The van der Waals surface area contributed by atoms with E-state index in [4.69, 9.17) is 5.73 Å². The average molecular weight is 248 g/mol. The molecule has 0 bridgehead atoms. The van der Waals surface area contributed by atoms with Crippen LogP contribution < -0.4 is 5.73 Å². The van der Waals surface area contributed by atoms with Crippen molar-refractivity contribution in [2.24, 2.45) is 5.73 Å². The molecule has 0 fully saturated rings. The maximum atomic E-state index is 5.96. The fourth-order valence-corrected chi connectivity index (χ4v) is 2.61. The molecule has 2 unspecified atom stereocenters. The van der Waals surface area contributed by atoms with E-state index in [2.05, 4.69) is 56.0 Å². The van der Waals surface area contributed by atoms with Gasteiger partial charge in [0.15, 0.2) is 0 Å². The van der Waals surface area contributed by atoms with Crippen LogP contribution in [-0.2, 0) is 0 Å². The van der Waals surface area contributed by atoms with Crippen molar-refractivity contribution in [2.75, 3.05) is 19.6 Å². The molecule has 0 aliphatic rings. The smallest absolute Gasteiger partial charge is 0.0224 e. The van der Waals surface area contributed by atoms with Crippen molar-refractivity contribution in [3.8, 4) is 0 Å². The maximum absolute atomic E-state index is 5.96. The number of nitrogens with zero attached hydrogens (tertiary/aromatic N) is 1. The highest BCUT2D eigenvalue weighted by Crippen LogP contribution is 2.22. The van der Waals surface area contributed by atoms with Crippen LogP contribution in [-0.4, -0.2) is 30.6 Å². The average Bonchev–Trinajstić information content (AvgIpc) is 2.43. The molecular weight excluding hydrogens is 220 g/mol. The highest BCUT2D eigenvalue weighted by atomic mass is 15.2. The molecule has 1 aromatic rings. The van der Waals surface area contributed by atoms with Crippen LogP contribution in [0.25, 0.3) is 0 Å². The zero-order valence-electron chi connectivity index (χ0n) is 12.1. The van der Waals surface area contributed by atoms with Gasteiger partial charge >= 0.3 is 0 Å². The molecule has 0 aliphatic carbocycles. The van der Waals surface area contributed by atoms with E-state index < -0.39 is 0 Å². The Labute approximate surface area is 112 Å². The van der Waals surface area contributed by atoms with Crippen LogP contribution in [0.2, 0.25) is 0 Å². The Morgan fingerprint density at radius 2 is 1.83 bits per heavy atom. The first kappa shape index (κ1) is 15.2. The lowest BCUT2D eigenvalue weighted by Crippen LogP contribution is -2.41. The number of rotatable bonds is 8. The van der Waals surface area contributed by atoms with Gasteiger partial charge in [-0.3, -0.25) is 4.90 Å². The van der Waals surface area contributed by atoms with E-state index in [-0.39, 0.29) is 0 Å². The van der Waals surface area contributed by atoms with Crippen molar-refractivity contribution in [3.05, 3.63) is 35.9 Å². The van der Waals surface area contributed by atoms with E-state index in [9.17, 15) is 0 Å². The Kier molecular flexibility index (Phi) is 6.99. The molecule has 102 valence electrons. The Balaban J connectivity index is 2.62. The molecular formula is C16H28N2. The number of hydrogen-bond acceptors (Lipinski definition) is 2. The lowest BCUT2D eigenvalue weighted by Gasteiger charge is -2.31. The van der Waals surface area contributed by atoms with Gasteiger partial charge in [-0.05, 0) is 37.4 Å². The number of benzene rings is 1. The van der Waals surface area contributed by atoms with Crippen molar-refractivity contribution in [1.82, 2.24) is 4.90 Å². The zero-order chi connectivity index (χ0) is 13.4. The molecule has 0 saturated heterocycles. The molecule has 1 aromatic carbocycles. The van der Waals surface area contributed by atoms with Crippen LogP contribution >= 0.6 is 0 Å². The second-order valence-corrected chi connectivity index (χ2v) is 5.07. The normalized spacial score (nSPS) is 14.7. The Morgan fingerprint density at radius 1 is 1.17 bits per heavy atom. The van der Waals surface area contributed by atoms with E-state index in [0.29, 0.717) is 12.0 Å². The van der Waals surface area contributed by atoms with E-state index >= 15 is 0 Å². The summed E-state index contributed by atoms with van der Waals surface area (Å²) in [7, 11) is 0. The molecule has 18 heavy (non-hydrogen) atoms. The second-order valence-electron chi connectivity index (χ2n) is 5.07. The van der Waals surface area contributed by atoms with Gasteiger partial charge in [0.05, 0.1) is 0 Å². The zero-order valence-corrected chi connectivity index (χ0v) is 12.1. The molecule has 2 atom stereocenters. The first-order chi connectivity index (χ1) is 8.72. The summed E-state index contributed by atoms with van der Waals surface area (Å²) in [5.74, 6) is 0.575. The lowest BCUT2D eigenvalue weighted by molar-refractivity contribution is 0.194. The molecule has 2 N–H and O–H groups in total. The van der Waals surface area contributed by atoms with Crippen molar-refractivity contribution < 1.29 is 0 Å². The Hall–Kier alpha value is -0.860. The minimum Gasteiger partial charge on any atom is -0.329 e. The van der Waals surface area contributed by atoms with Crippen LogP contribution in [0.15, 0.2) is 30.3 Å². The van der Waals surface area contributed by atoms with Crippen molar-refractivity contribution in [3.63, 3.8) is 0 Å². The van der Waals surface area contributed by atoms with Gasteiger partial charge in [0, 0.05) is 12.6 Å². The van der Waals surface area contributed by atoms with Crippen molar-refractivity contribution >= 4 is 0 Å². The first-order valence-corrected chi connectivity index (χ1v) is 7.21. The molecule has 0 spiro atoms. The molecule has 0 radical (unpaired) electrons. The van der Waals surface area contributed by atoms with Gasteiger partial charge in [-0.25, -0.2) is 0 Å². The van der Waals surface area contributed by atoms with Crippen LogP contribution in [0, 0.1) is 0 Å². The summed E-state index contributed by atoms with van der Waals surface area (Å²) in [4.78, 5) is 2.51. The van der Waals surface area contributed by atoms with Crippen LogP contribution in [0.4, 0.5) is 0 Å². The Bertz CT molecular complexity index is 310. The highest BCUT2D eigenvalue weighted by molar-refractivity contribution is 5.18. The largest absolute Gasteiger partial charge is 0.329 e. The van der Waals surface area contributed by atoms with Gasteiger partial charge in [-0.15, -0.1) is 0 Å². The predicted octanol–water partition coefficient (Wildman–Crippen LogP) is 3.24.